The zero-order valence-electron chi connectivity index (χ0n) is 12.2. The van der Waals surface area contributed by atoms with Crippen LogP contribution in [0.2, 0.25) is 0 Å². The van der Waals surface area contributed by atoms with Crippen LogP contribution in [0, 0.1) is 11.3 Å². The van der Waals surface area contributed by atoms with E-state index in [0.717, 1.165) is 22.3 Å². The molecule has 0 spiro atoms. The number of carbonyl (C=O) groups excluding carboxylic acids is 1. The van der Waals surface area contributed by atoms with Gasteiger partial charge in [0.2, 0.25) is 0 Å². The largest absolute Gasteiger partial charge is 0.545 e. The Labute approximate surface area is 134 Å². The molecule has 3 aromatic carbocycles. The standard InChI is InChI=1S/C20H13NO2/c21-13-14-1-3-15(4-2-14)16-5-7-17(8-6-16)18-9-11-19(12-10-18)20(22)23/h1-12H,(H,22,23)/p-1. The molecule has 0 N–H and O–H groups in total. The van der Waals surface area contributed by atoms with Crippen LogP contribution in [0.15, 0.2) is 72.8 Å². The summed E-state index contributed by atoms with van der Waals surface area (Å²) in [6.45, 7) is 0. The highest BCUT2D eigenvalue weighted by atomic mass is 16.4. The molecule has 0 aliphatic heterocycles. The molecule has 3 rings (SSSR count). The smallest absolute Gasteiger partial charge is 0.0991 e. The Morgan fingerprint density at radius 2 is 1.04 bits per heavy atom. The van der Waals surface area contributed by atoms with E-state index in [-0.39, 0.29) is 5.56 Å². The minimum Gasteiger partial charge on any atom is -0.545 e. The van der Waals surface area contributed by atoms with Crippen LogP contribution in [0.3, 0.4) is 0 Å². The van der Waals surface area contributed by atoms with E-state index in [0.29, 0.717) is 5.56 Å². The van der Waals surface area contributed by atoms with Crippen molar-refractivity contribution in [1.82, 2.24) is 0 Å². The molecule has 0 unspecified atom stereocenters. The summed E-state index contributed by atoms with van der Waals surface area (Å²) in [7, 11) is 0. The summed E-state index contributed by atoms with van der Waals surface area (Å²) < 4.78 is 0. The number of carboxylic acids is 1. The molecule has 0 aromatic heterocycles. The predicted octanol–water partition coefficient (Wildman–Crippen LogP) is 3.26. The zero-order valence-corrected chi connectivity index (χ0v) is 12.2. The highest BCUT2D eigenvalue weighted by molar-refractivity contribution is 5.86. The summed E-state index contributed by atoms with van der Waals surface area (Å²) in [5.41, 5.74) is 4.86. The van der Waals surface area contributed by atoms with E-state index in [1.54, 1.807) is 36.4 Å². The van der Waals surface area contributed by atoms with Gasteiger partial charge in [0.05, 0.1) is 17.6 Å². The highest BCUT2D eigenvalue weighted by Gasteiger charge is 2.01. The van der Waals surface area contributed by atoms with Gasteiger partial charge in [-0.15, -0.1) is 0 Å². The van der Waals surface area contributed by atoms with Gasteiger partial charge in [-0.25, -0.2) is 0 Å². The number of carbonyl (C=O) groups is 1. The maximum absolute atomic E-state index is 10.8. The van der Waals surface area contributed by atoms with Gasteiger partial charge >= 0.3 is 0 Å². The van der Waals surface area contributed by atoms with Crippen LogP contribution in [-0.4, -0.2) is 5.97 Å². The molecule has 3 heteroatoms. The molecule has 0 amide bonds. The summed E-state index contributed by atoms with van der Waals surface area (Å²) in [4.78, 5) is 10.8. The normalized spacial score (nSPS) is 10.0. The first-order valence-electron chi connectivity index (χ1n) is 7.10. The summed E-state index contributed by atoms with van der Waals surface area (Å²) in [6.07, 6.45) is 0. The lowest BCUT2D eigenvalue weighted by molar-refractivity contribution is -0.255. The number of rotatable bonds is 3. The third-order valence-corrected chi connectivity index (χ3v) is 3.69. The van der Waals surface area contributed by atoms with Crippen LogP contribution in [0.25, 0.3) is 22.3 Å². The third-order valence-electron chi connectivity index (χ3n) is 3.69. The van der Waals surface area contributed by atoms with Crippen molar-refractivity contribution in [3.8, 4) is 28.3 Å². The van der Waals surface area contributed by atoms with Crippen molar-refractivity contribution < 1.29 is 9.90 Å². The Kier molecular flexibility index (Phi) is 3.90. The lowest BCUT2D eigenvalue weighted by atomic mass is 9.99. The molecule has 0 aliphatic carbocycles. The number of benzene rings is 3. The maximum Gasteiger partial charge on any atom is 0.0991 e. The van der Waals surface area contributed by atoms with Crippen molar-refractivity contribution in [3.05, 3.63) is 83.9 Å². The Morgan fingerprint density at radius 1 is 0.696 bits per heavy atom. The van der Waals surface area contributed by atoms with Crippen molar-refractivity contribution in [2.24, 2.45) is 0 Å². The topological polar surface area (TPSA) is 63.9 Å². The Hall–Kier alpha value is -3.38. The van der Waals surface area contributed by atoms with Gasteiger partial charge in [0, 0.05) is 0 Å². The second kappa shape index (κ2) is 6.17. The zero-order chi connectivity index (χ0) is 16.2. The van der Waals surface area contributed by atoms with Crippen molar-refractivity contribution in [2.45, 2.75) is 0 Å². The van der Waals surface area contributed by atoms with Crippen LogP contribution in [0.1, 0.15) is 15.9 Å². The maximum atomic E-state index is 10.8. The molecule has 0 atom stereocenters. The van der Waals surface area contributed by atoms with Gasteiger partial charge in [0.15, 0.2) is 0 Å². The molecule has 23 heavy (non-hydrogen) atoms. The highest BCUT2D eigenvalue weighted by Crippen LogP contribution is 2.25. The fourth-order valence-electron chi connectivity index (χ4n) is 2.39. The van der Waals surface area contributed by atoms with Crippen molar-refractivity contribution in [1.29, 1.82) is 5.26 Å². The number of carboxylic acid groups (broad SMARTS) is 1. The van der Waals surface area contributed by atoms with Gasteiger partial charge in [-0.2, -0.15) is 5.26 Å². The van der Waals surface area contributed by atoms with Crippen molar-refractivity contribution in [2.75, 3.05) is 0 Å². The summed E-state index contributed by atoms with van der Waals surface area (Å²) in [6, 6.07) is 24.1. The number of hydrogen-bond donors (Lipinski definition) is 0. The minimum atomic E-state index is -1.17. The monoisotopic (exact) mass is 298 g/mol. The SMILES string of the molecule is N#Cc1ccc(-c2ccc(-c3ccc(C(=O)[O-])cc3)cc2)cc1. The Bertz CT molecular complexity index is 871. The van der Waals surface area contributed by atoms with Crippen LogP contribution < -0.4 is 5.11 Å². The molecular weight excluding hydrogens is 286 g/mol. The molecule has 0 saturated heterocycles. The molecule has 0 saturated carbocycles. The molecule has 3 nitrogen and oxygen atoms in total. The van der Waals surface area contributed by atoms with Gasteiger partial charge in [-0.05, 0) is 39.9 Å². The minimum absolute atomic E-state index is 0.169. The molecule has 0 bridgehead atoms. The van der Waals surface area contributed by atoms with E-state index >= 15 is 0 Å². The first kappa shape index (κ1) is 14.6. The summed E-state index contributed by atoms with van der Waals surface area (Å²) in [5, 5.41) is 19.6. The van der Waals surface area contributed by atoms with Crippen LogP contribution in [-0.2, 0) is 0 Å². The molecule has 3 aromatic rings. The van der Waals surface area contributed by atoms with Crippen LogP contribution in [0.4, 0.5) is 0 Å². The second-order valence-electron chi connectivity index (χ2n) is 5.13. The van der Waals surface area contributed by atoms with Crippen LogP contribution in [0.5, 0.6) is 0 Å². The van der Waals surface area contributed by atoms with Gasteiger partial charge in [-0.1, -0.05) is 60.7 Å². The lowest BCUT2D eigenvalue weighted by Gasteiger charge is -2.07. The van der Waals surface area contributed by atoms with Gasteiger partial charge in [-0.3, -0.25) is 0 Å². The summed E-state index contributed by atoms with van der Waals surface area (Å²) in [5.74, 6) is -1.17. The molecule has 110 valence electrons. The van der Waals surface area contributed by atoms with Crippen molar-refractivity contribution in [3.63, 3.8) is 0 Å². The average Bonchev–Trinajstić information content (AvgIpc) is 2.62. The first-order valence-corrected chi connectivity index (χ1v) is 7.10. The first-order chi connectivity index (χ1) is 11.2. The fraction of sp³-hybridized carbons (Fsp3) is 0. The Morgan fingerprint density at radius 3 is 1.39 bits per heavy atom. The number of hydrogen-bond acceptors (Lipinski definition) is 3. The molecule has 0 aliphatic rings. The quantitative estimate of drug-likeness (QED) is 0.745. The van der Waals surface area contributed by atoms with E-state index in [4.69, 9.17) is 5.26 Å². The predicted molar refractivity (Wildman–Crippen MR) is 86.4 cm³/mol. The number of aromatic carboxylic acids is 1. The fourth-order valence-corrected chi connectivity index (χ4v) is 2.39. The number of nitrogens with zero attached hydrogens (tertiary/aromatic N) is 1. The number of nitriles is 1. The van der Waals surface area contributed by atoms with E-state index in [1.807, 2.05) is 36.4 Å². The molecule has 0 heterocycles. The van der Waals surface area contributed by atoms with Gasteiger partial charge in [0.1, 0.15) is 0 Å². The van der Waals surface area contributed by atoms with Gasteiger partial charge in [0.25, 0.3) is 0 Å². The van der Waals surface area contributed by atoms with E-state index < -0.39 is 5.97 Å². The van der Waals surface area contributed by atoms with Crippen molar-refractivity contribution >= 4 is 5.97 Å². The lowest BCUT2D eigenvalue weighted by Crippen LogP contribution is -2.21. The Balaban J connectivity index is 1.86. The van der Waals surface area contributed by atoms with E-state index in [2.05, 4.69) is 6.07 Å². The molecule has 0 fully saturated rings. The summed E-state index contributed by atoms with van der Waals surface area (Å²) >= 11 is 0. The van der Waals surface area contributed by atoms with Crippen LogP contribution >= 0.6 is 0 Å². The van der Waals surface area contributed by atoms with E-state index in [1.165, 1.54) is 0 Å². The second-order valence-corrected chi connectivity index (χ2v) is 5.13. The van der Waals surface area contributed by atoms with E-state index in [9.17, 15) is 9.90 Å². The molecular formula is C20H12NO2-. The van der Waals surface area contributed by atoms with Gasteiger partial charge < -0.3 is 9.90 Å². The third kappa shape index (κ3) is 3.12. The average molecular weight is 298 g/mol. The molecule has 0 radical (unpaired) electrons.